The molecule has 0 saturated carbocycles. The van der Waals surface area contributed by atoms with Crippen LogP contribution >= 0.6 is 0 Å². The van der Waals surface area contributed by atoms with Crippen LogP contribution in [0.5, 0.6) is 0 Å². The van der Waals surface area contributed by atoms with Gasteiger partial charge in [0.25, 0.3) is 5.91 Å². The molecule has 8 nitrogen and oxygen atoms in total. The molecule has 9 heteroatoms. The minimum Gasteiger partial charge on any atom is -0.452 e. The van der Waals surface area contributed by atoms with Crippen molar-refractivity contribution >= 4 is 27.7 Å². The van der Waals surface area contributed by atoms with Gasteiger partial charge in [-0.1, -0.05) is 24.3 Å². The minimum absolute atomic E-state index is 0.0182. The molecule has 0 aliphatic heterocycles. The first-order valence-electron chi connectivity index (χ1n) is 8.30. The first kappa shape index (κ1) is 21.3. The summed E-state index contributed by atoms with van der Waals surface area (Å²) >= 11 is 0. The van der Waals surface area contributed by atoms with E-state index in [-0.39, 0.29) is 29.4 Å². The summed E-state index contributed by atoms with van der Waals surface area (Å²) in [5, 5.41) is 2.34. The number of ether oxygens (including phenoxy) is 1. The van der Waals surface area contributed by atoms with E-state index in [0.717, 1.165) is 0 Å². The molecule has 0 spiro atoms. The summed E-state index contributed by atoms with van der Waals surface area (Å²) in [4.78, 5) is 34.2. The highest BCUT2D eigenvalue weighted by Crippen LogP contribution is 2.12. The van der Waals surface area contributed by atoms with Gasteiger partial charge in [0.2, 0.25) is 10.0 Å². The van der Waals surface area contributed by atoms with E-state index in [0.29, 0.717) is 11.1 Å². The van der Waals surface area contributed by atoms with Crippen molar-refractivity contribution in [1.29, 1.82) is 0 Å². The van der Waals surface area contributed by atoms with Crippen LogP contribution in [0.25, 0.3) is 0 Å². The number of benzene rings is 2. The van der Waals surface area contributed by atoms with Crippen LogP contribution in [0, 0.1) is 0 Å². The first-order chi connectivity index (χ1) is 13.2. The number of Topliss-reactive ketones (excluding diaryl/α,β-unsaturated/α-hetero) is 1. The van der Waals surface area contributed by atoms with Gasteiger partial charge in [-0.2, -0.15) is 0 Å². The molecule has 2 N–H and O–H groups in total. The summed E-state index contributed by atoms with van der Waals surface area (Å²) in [5.41, 5.74) is 1.31. The van der Waals surface area contributed by atoms with E-state index < -0.39 is 21.9 Å². The molecule has 1 amide bonds. The monoisotopic (exact) mass is 404 g/mol. The van der Waals surface area contributed by atoms with Crippen LogP contribution in [0.1, 0.15) is 33.2 Å². The molecule has 0 heterocycles. The number of nitrogens with one attached hydrogen (secondary N) is 2. The molecule has 0 radical (unpaired) electrons. The fourth-order valence-corrected chi connectivity index (χ4v) is 3.19. The molecule has 0 saturated heterocycles. The zero-order valence-electron chi connectivity index (χ0n) is 15.4. The van der Waals surface area contributed by atoms with E-state index in [1.165, 1.54) is 50.4 Å². The second kappa shape index (κ2) is 9.25. The number of likely N-dealkylation sites (N-methyl/N-ethyl adjacent to an activating group) is 1. The van der Waals surface area contributed by atoms with E-state index in [2.05, 4.69) is 10.0 Å². The van der Waals surface area contributed by atoms with Crippen molar-refractivity contribution in [1.82, 2.24) is 10.0 Å². The summed E-state index contributed by atoms with van der Waals surface area (Å²) in [6, 6.07) is 11.8. The van der Waals surface area contributed by atoms with E-state index >= 15 is 0 Å². The summed E-state index contributed by atoms with van der Waals surface area (Å²) in [5.74, 6) is -1.22. The van der Waals surface area contributed by atoms with Gasteiger partial charge >= 0.3 is 5.97 Å². The number of rotatable bonds is 8. The number of hydrogen-bond acceptors (Lipinski definition) is 6. The van der Waals surface area contributed by atoms with Crippen molar-refractivity contribution in [2.75, 3.05) is 13.7 Å². The normalized spacial score (nSPS) is 10.9. The number of amides is 1. The van der Waals surface area contributed by atoms with Gasteiger partial charge in [-0.3, -0.25) is 9.59 Å². The summed E-state index contributed by atoms with van der Waals surface area (Å²) in [6.45, 7) is 1.05. The summed E-state index contributed by atoms with van der Waals surface area (Å²) in [7, 11) is -2.31. The quantitative estimate of drug-likeness (QED) is 0.505. The van der Waals surface area contributed by atoms with Gasteiger partial charge in [-0.05, 0) is 36.8 Å². The van der Waals surface area contributed by atoms with Crippen LogP contribution in [-0.2, 0) is 26.1 Å². The molecule has 2 aromatic rings. The number of sulfonamides is 1. The summed E-state index contributed by atoms with van der Waals surface area (Å²) < 4.78 is 32.0. The average molecular weight is 404 g/mol. The number of hydrogen-bond donors (Lipinski definition) is 2. The third-order valence-electron chi connectivity index (χ3n) is 3.84. The lowest BCUT2D eigenvalue weighted by Crippen LogP contribution is -2.25. The SMILES string of the molecule is CNC(=O)COC(=O)c1ccc(CNS(=O)(=O)c2ccc(C(C)=O)cc2)cc1. The number of esters is 1. The zero-order chi connectivity index (χ0) is 20.7. The Balaban J connectivity index is 1.97. The molecule has 148 valence electrons. The largest absolute Gasteiger partial charge is 0.452 e. The van der Waals surface area contributed by atoms with Crippen molar-refractivity contribution in [2.45, 2.75) is 18.4 Å². The maximum absolute atomic E-state index is 12.3. The Hall–Kier alpha value is -3.04. The molecular weight excluding hydrogens is 384 g/mol. The maximum atomic E-state index is 12.3. The molecule has 0 unspecified atom stereocenters. The molecule has 0 aromatic heterocycles. The van der Waals surface area contributed by atoms with E-state index in [4.69, 9.17) is 4.74 Å². The number of carbonyl (C=O) groups excluding carboxylic acids is 3. The van der Waals surface area contributed by atoms with Gasteiger partial charge in [-0.25, -0.2) is 17.9 Å². The minimum atomic E-state index is -3.75. The van der Waals surface area contributed by atoms with Crippen molar-refractivity contribution in [3.05, 3.63) is 65.2 Å². The Morgan fingerprint density at radius 2 is 1.50 bits per heavy atom. The lowest BCUT2D eigenvalue weighted by atomic mass is 10.1. The molecule has 0 aliphatic rings. The average Bonchev–Trinajstić information content (AvgIpc) is 2.70. The third kappa shape index (κ3) is 5.73. The van der Waals surface area contributed by atoms with Gasteiger partial charge in [0.15, 0.2) is 12.4 Å². The summed E-state index contributed by atoms with van der Waals surface area (Å²) in [6.07, 6.45) is 0. The Morgan fingerprint density at radius 1 is 0.929 bits per heavy atom. The fraction of sp³-hybridized carbons (Fsp3) is 0.211. The topological polar surface area (TPSA) is 119 Å². The van der Waals surface area contributed by atoms with Gasteiger partial charge < -0.3 is 10.1 Å². The van der Waals surface area contributed by atoms with Gasteiger partial charge in [0.1, 0.15) is 0 Å². The molecule has 28 heavy (non-hydrogen) atoms. The van der Waals surface area contributed by atoms with Crippen LogP contribution < -0.4 is 10.0 Å². The fourth-order valence-electron chi connectivity index (χ4n) is 2.18. The van der Waals surface area contributed by atoms with Crippen LogP contribution in [0.4, 0.5) is 0 Å². The van der Waals surface area contributed by atoms with Gasteiger partial charge in [-0.15, -0.1) is 0 Å². The van der Waals surface area contributed by atoms with Crippen LogP contribution in [0.2, 0.25) is 0 Å². The molecular formula is C19H20N2O6S. The second-order valence-corrected chi connectivity index (χ2v) is 7.62. The Labute approximate surface area is 163 Å². The molecule has 0 aliphatic carbocycles. The Morgan fingerprint density at radius 3 is 2.04 bits per heavy atom. The van der Waals surface area contributed by atoms with Crippen LogP contribution in [0.3, 0.4) is 0 Å². The molecule has 2 aromatic carbocycles. The standard InChI is InChI=1S/C19H20N2O6S/c1-13(22)15-7-9-17(10-8-15)28(25,26)21-11-14-3-5-16(6-4-14)19(24)27-12-18(23)20-2/h3-10,21H,11-12H2,1-2H3,(H,20,23). The predicted octanol–water partition coefficient (Wildman–Crippen LogP) is 1.27. The van der Waals surface area contributed by atoms with Crippen LogP contribution in [-0.4, -0.2) is 39.7 Å². The third-order valence-corrected chi connectivity index (χ3v) is 5.26. The lowest BCUT2D eigenvalue weighted by Gasteiger charge is -2.08. The predicted molar refractivity (Wildman–Crippen MR) is 101 cm³/mol. The smallest absolute Gasteiger partial charge is 0.338 e. The van der Waals surface area contributed by atoms with Crippen molar-refractivity contribution in [3.8, 4) is 0 Å². The molecule has 0 atom stereocenters. The van der Waals surface area contributed by atoms with Gasteiger partial charge in [0, 0.05) is 19.2 Å². The zero-order valence-corrected chi connectivity index (χ0v) is 16.2. The highest BCUT2D eigenvalue weighted by molar-refractivity contribution is 7.89. The lowest BCUT2D eigenvalue weighted by molar-refractivity contribution is -0.123. The van der Waals surface area contributed by atoms with Crippen molar-refractivity contribution in [3.63, 3.8) is 0 Å². The number of ketones is 1. The highest BCUT2D eigenvalue weighted by atomic mass is 32.2. The van der Waals surface area contributed by atoms with E-state index in [1.54, 1.807) is 12.1 Å². The molecule has 2 rings (SSSR count). The Bertz CT molecular complexity index is 966. The first-order valence-corrected chi connectivity index (χ1v) is 9.78. The van der Waals surface area contributed by atoms with Gasteiger partial charge in [0.05, 0.1) is 10.5 Å². The van der Waals surface area contributed by atoms with Crippen LogP contribution in [0.15, 0.2) is 53.4 Å². The molecule has 0 bridgehead atoms. The van der Waals surface area contributed by atoms with Crippen molar-refractivity contribution in [2.24, 2.45) is 0 Å². The van der Waals surface area contributed by atoms with E-state index in [9.17, 15) is 22.8 Å². The molecule has 0 fully saturated rings. The van der Waals surface area contributed by atoms with E-state index in [1.807, 2.05) is 0 Å². The maximum Gasteiger partial charge on any atom is 0.338 e. The highest BCUT2D eigenvalue weighted by Gasteiger charge is 2.15. The Kier molecular flexibility index (Phi) is 7.02. The van der Waals surface area contributed by atoms with Crippen molar-refractivity contribution < 1.29 is 27.5 Å². The second-order valence-electron chi connectivity index (χ2n) is 5.85. The number of carbonyl (C=O) groups is 3.